The lowest BCUT2D eigenvalue weighted by Crippen LogP contribution is -2.46. The highest BCUT2D eigenvalue weighted by Gasteiger charge is 2.08. The van der Waals surface area contributed by atoms with Crippen molar-refractivity contribution in [1.29, 1.82) is 0 Å². The number of amides is 1. The molecule has 0 aliphatic carbocycles. The lowest BCUT2D eigenvalue weighted by atomic mass is 10.2. The lowest BCUT2D eigenvalue weighted by Gasteiger charge is -2.12. The van der Waals surface area contributed by atoms with Gasteiger partial charge in [-0.2, -0.15) is 5.10 Å². The number of anilines is 1. The van der Waals surface area contributed by atoms with Crippen molar-refractivity contribution in [2.45, 2.75) is 13.5 Å². The Kier molecular flexibility index (Phi) is 5.23. The Morgan fingerprint density at radius 3 is 2.62 bits per heavy atom. The molecule has 0 saturated heterocycles. The zero-order valence-corrected chi connectivity index (χ0v) is 14.8. The second-order valence-electron chi connectivity index (χ2n) is 5.69. The molecule has 8 heteroatoms. The van der Waals surface area contributed by atoms with Gasteiger partial charge < -0.3 is 5.32 Å². The number of hydrazine groups is 1. The summed E-state index contributed by atoms with van der Waals surface area (Å²) in [6.07, 6.45) is 1.56. The zero-order valence-electron chi connectivity index (χ0n) is 14.0. The second kappa shape index (κ2) is 7.75. The van der Waals surface area contributed by atoms with Crippen LogP contribution in [-0.4, -0.2) is 20.8 Å². The van der Waals surface area contributed by atoms with E-state index >= 15 is 0 Å². The molecule has 132 valence electrons. The summed E-state index contributed by atoms with van der Waals surface area (Å²) in [6.45, 7) is 1.77. The molecule has 2 aromatic carbocycles. The lowest BCUT2D eigenvalue weighted by molar-refractivity contribution is -0.122. The Morgan fingerprint density at radius 1 is 1.12 bits per heavy atom. The van der Waals surface area contributed by atoms with Gasteiger partial charge >= 0.3 is 0 Å². The van der Waals surface area contributed by atoms with Gasteiger partial charge in [0, 0.05) is 11.1 Å². The Bertz CT molecular complexity index is 1010. The minimum absolute atomic E-state index is 0.218. The summed E-state index contributed by atoms with van der Waals surface area (Å²) in [7, 11) is 0. The van der Waals surface area contributed by atoms with Crippen LogP contribution in [0.3, 0.4) is 0 Å². The quantitative estimate of drug-likeness (QED) is 0.483. The SMILES string of the molecule is Cc1ccc(NC(=S)NNC(=O)Cn2ncc3ccccc3c2=O)cc1. The first-order valence-corrected chi connectivity index (χ1v) is 8.31. The topological polar surface area (TPSA) is 88.0 Å². The average molecular weight is 367 g/mol. The Morgan fingerprint density at radius 2 is 1.85 bits per heavy atom. The van der Waals surface area contributed by atoms with Crippen molar-refractivity contribution in [3.8, 4) is 0 Å². The van der Waals surface area contributed by atoms with E-state index in [0.29, 0.717) is 5.39 Å². The fraction of sp³-hybridized carbons (Fsp3) is 0.111. The number of benzene rings is 2. The van der Waals surface area contributed by atoms with Crippen molar-refractivity contribution in [2.75, 3.05) is 5.32 Å². The number of rotatable bonds is 3. The molecule has 0 fully saturated rings. The third-order valence-corrected chi connectivity index (χ3v) is 3.88. The van der Waals surface area contributed by atoms with E-state index in [4.69, 9.17) is 12.2 Å². The molecule has 1 amide bonds. The van der Waals surface area contributed by atoms with Crippen LogP contribution in [0.4, 0.5) is 5.69 Å². The van der Waals surface area contributed by atoms with Crippen LogP contribution in [0.25, 0.3) is 10.8 Å². The van der Waals surface area contributed by atoms with Crippen LogP contribution in [0.1, 0.15) is 5.56 Å². The molecule has 26 heavy (non-hydrogen) atoms. The van der Waals surface area contributed by atoms with Crippen molar-refractivity contribution in [3.63, 3.8) is 0 Å². The molecule has 3 N–H and O–H groups in total. The number of hydrogen-bond donors (Lipinski definition) is 3. The van der Waals surface area contributed by atoms with Crippen molar-refractivity contribution in [2.24, 2.45) is 0 Å². The van der Waals surface area contributed by atoms with Gasteiger partial charge in [0.05, 0.1) is 11.6 Å². The number of aromatic nitrogens is 2. The van der Waals surface area contributed by atoms with Gasteiger partial charge in [-0.1, -0.05) is 35.9 Å². The highest BCUT2D eigenvalue weighted by molar-refractivity contribution is 7.80. The number of aryl methyl sites for hydroxylation is 1. The molecule has 0 unspecified atom stereocenters. The van der Waals surface area contributed by atoms with E-state index in [9.17, 15) is 9.59 Å². The van der Waals surface area contributed by atoms with Gasteiger partial charge in [-0.3, -0.25) is 20.4 Å². The molecular weight excluding hydrogens is 350 g/mol. The van der Waals surface area contributed by atoms with Crippen LogP contribution < -0.4 is 21.7 Å². The standard InChI is InChI=1S/C18H17N5O2S/c1-12-6-8-14(9-7-12)20-18(26)22-21-16(24)11-23-17(25)15-5-3-2-4-13(15)10-19-23/h2-10H,11H2,1H3,(H,21,24)(H2,20,22,26). The first-order valence-electron chi connectivity index (χ1n) is 7.90. The number of hydrogen-bond acceptors (Lipinski definition) is 4. The van der Waals surface area contributed by atoms with E-state index in [1.165, 1.54) is 0 Å². The number of thiocarbonyl (C=S) groups is 1. The van der Waals surface area contributed by atoms with E-state index in [1.807, 2.05) is 37.3 Å². The molecule has 7 nitrogen and oxygen atoms in total. The average Bonchev–Trinajstić information content (AvgIpc) is 2.64. The van der Waals surface area contributed by atoms with Crippen LogP contribution in [0, 0.1) is 6.92 Å². The molecule has 0 atom stereocenters. The summed E-state index contributed by atoms with van der Waals surface area (Å²) in [5.74, 6) is -0.442. The molecule has 0 saturated carbocycles. The Labute approximate surface area is 155 Å². The number of nitrogens with zero attached hydrogens (tertiary/aromatic N) is 2. The van der Waals surface area contributed by atoms with Crippen LogP contribution in [-0.2, 0) is 11.3 Å². The largest absolute Gasteiger partial charge is 0.331 e. The second-order valence-corrected chi connectivity index (χ2v) is 6.10. The zero-order chi connectivity index (χ0) is 18.5. The highest BCUT2D eigenvalue weighted by atomic mass is 32.1. The van der Waals surface area contributed by atoms with E-state index in [-0.39, 0.29) is 17.2 Å². The minimum Gasteiger partial charge on any atom is -0.331 e. The van der Waals surface area contributed by atoms with Gasteiger partial charge in [0.1, 0.15) is 6.54 Å². The number of carbonyl (C=O) groups excluding carboxylic acids is 1. The monoisotopic (exact) mass is 367 g/mol. The van der Waals surface area contributed by atoms with Crippen molar-refractivity contribution in [3.05, 3.63) is 70.6 Å². The fourth-order valence-corrected chi connectivity index (χ4v) is 2.51. The maximum atomic E-state index is 12.3. The summed E-state index contributed by atoms with van der Waals surface area (Å²) < 4.78 is 1.11. The normalized spacial score (nSPS) is 10.3. The third-order valence-electron chi connectivity index (χ3n) is 3.68. The van der Waals surface area contributed by atoms with Gasteiger partial charge in [-0.15, -0.1) is 0 Å². The first kappa shape index (κ1) is 17.6. The Hall–Kier alpha value is -3.26. The minimum atomic E-state index is -0.442. The van der Waals surface area contributed by atoms with Crippen molar-refractivity contribution < 1.29 is 4.79 Å². The molecule has 0 aliphatic heterocycles. The number of fused-ring (bicyclic) bond motifs is 1. The van der Waals surface area contributed by atoms with Crippen LogP contribution in [0.15, 0.2) is 59.5 Å². The molecule has 1 heterocycles. The van der Waals surface area contributed by atoms with Gasteiger partial charge in [-0.25, -0.2) is 4.68 Å². The van der Waals surface area contributed by atoms with E-state index < -0.39 is 5.91 Å². The van der Waals surface area contributed by atoms with Crippen LogP contribution >= 0.6 is 12.2 Å². The van der Waals surface area contributed by atoms with E-state index in [2.05, 4.69) is 21.3 Å². The predicted octanol–water partition coefficient (Wildman–Crippen LogP) is 1.72. The molecule has 0 spiro atoms. The van der Waals surface area contributed by atoms with Gasteiger partial charge in [0.2, 0.25) is 0 Å². The summed E-state index contributed by atoms with van der Waals surface area (Å²) in [6, 6.07) is 14.7. The van der Waals surface area contributed by atoms with Gasteiger partial charge in [-0.05, 0) is 37.3 Å². The van der Waals surface area contributed by atoms with Gasteiger partial charge in [0.25, 0.3) is 11.5 Å². The summed E-state index contributed by atoms with van der Waals surface area (Å²) in [5.41, 5.74) is 6.66. The molecule has 3 aromatic rings. The van der Waals surface area contributed by atoms with Crippen LogP contribution in [0.5, 0.6) is 0 Å². The summed E-state index contributed by atoms with van der Waals surface area (Å²) in [5, 5.41) is 8.44. The van der Waals surface area contributed by atoms with E-state index in [0.717, 1.165) is 21.3 Å². The molecule has 0 radical (unpaired) electrons. The predicted molar refractivity (Wildman–Crippen MR) is 105 cm³/mol. The van der Waals surface area contributed by atoms with Crippen molar-refractivity contribution >= 4 is 39.7 Å². The van der Waals surface area contributed by atoms with E-state index in [1.54, 1.807) is 24.4 Å². The number of nitrogens with one attached hydrogen (secondary N) is 3. The molecule has 0 aliphatic rings. The summed E-state index contributed by atoms with van der Waals surface area (Å²) >= 11 is 5.12. The fourth-order valence-electron chi connectivity index (χ4n) is 2.34. The molecular formula is C18H17N5O2S. The van der Waals surface area contributed by atoms with Crippen molar-refractivity contribution in [1.82, 2.24) is 20.6 Å². The first-order chi connectivity index (χ1) is 12.5. The van der Waals surface area contributed by atoms with Gasteiger partial charge in [0.15, 0.2) is 5.11 Å². The molecule has 0 bridgehead atoms. The Balaban J connectivity index is 1.57. The number of carbonyl (C=O) groups is 1. The highest BCUT2D eigenvalue weighted by Crippen LogP contribution is 2.08. The molecule has 1 aromatic heterocycles. The summed E-state index contributed by atoms with van der Waals surface area (Å²) in [4.78, 5) is 24.4. The maximum Gasteiger partial charge on any atom is 0.275 e. The molecule has 3 rings (SSSR count). The smallest absolute Gasteiger partial charge is 0.275 e. The van der Waals surface area contributed by atoms with Crippen LogP contribution in [0.2, 0.25) is 0 Å². The maximum absolute atomic E-state index is 12.3. The third kappa shape index (κ3) is 4.22.